The van der Waals surface area contributed by atoms with Crippen LogP contribution in [0.3, 0.4) is 0 Å². The third-order valence-corrected chi connectivity index (χ3v) is 5.85. The van der Waals surface area contributed by atoms with E-state index in [1.54, 1.807) is 5.51 Å². The van der Waals surface area contributed by atoms with E-state index < -0.39 is 0 Å². The number of benzene rings is 1. The van der Waals surface area contributed by atoms with Crippen LogP contribution < -0.4 is 0 Å². The first-order valence-electron chi connectivity index (χ1n) is 6.31. The average Bonchev–Trinajstić information content (AvgIpc) is 3.16. The van der Waals surface area contributed by atoms with Crippen LogP contribution in [-0.4, -0.2) is 25.5 Å². The molecule has 0 bridgehead atoms. The van der Waals surface area contributed by atoms with Crippen LogP contribution in [0.15, 0.2) is 39.9 Å². The fourth-order valence-corrected chi connectivity index (χ4v) is 4.48. The Bertz CT molecular complexity index is 831. The number of hydrogen-bond donors (Lipinski definition) is 1. The molecule has 0 spiro atoms. The predicted molar refractivity (Wildman–Crippen MR) is 90.0 cm³/mol. The Morgan fingerprint density at radius 2 is 2.23 bits per heavy atom. The van der Waals surface area contributed by atoms with Gasteiger partial charge in [-0.05, 0) is 19.1 Å². The van der Waals surface area contributed by atoms with Crippen molar-refractivity contribution in [2.45, 2.75) is 16.5 Å². The van der Waals surface area contributed by atoms with Crippen molar-refractivity contribution in [2.24, 2.45) is 0 Å². The van der Waals surface area contributed by atoms with Crippen molar-refractivity contribution >= 4 is 50.2 Å². The van der Waals surface area contributed by atoms with E-state index >= 15 is 0 Å². The van der Waals surface area contributed by atoms with Crippen molar-refractivity contribution in [1.82, 2.24) is 15.2 Å². The molecule has 22 heavy (non-hydrogen) atoms. The molecule has 8 heteroatoms. The van der Waals surface area contributed by atoms with Crippen molar-refractivity contribution in [3.63, 3.8) is 0 Å². The van der Waals surface area contributed by atoms with Gasteiger partial charge < -0.3 is 5.11 Å². The van der Waals surface area contributed by atoms with E-state index in [0.717, 1.165) is 14.6 Å². The molecule has 5 nitrogen and oxygen atoms in total. The molecule has 0 radical (unpaired) electrons. The zero-order valence-electron chi connectivity index (χ0n) is 11.4. The minimum Gasteiger partial charge on any atom is -0.510 e. The van der Waals surface area contributed by atoms with Crippen molar-refractivity contribution in [3.05, 3.63) is 40.5 Å². The van der Waals surface area contributed by atoms with Gasteiger partial charge in [-0.3, -0.25) is 0 Å². The Labute approximate surface area is 139 Å². The lowest BCUT2D eigenvalue weighted by molar-refractivity contribution is 0.402. The van der Waals surface area contributed by atoms with Gasteiger partial charge in [-0.15, -0.1) is 21.5 Å². The number of rotatable bonds is 4. The third kappa shape index (κ3) is 2.97. The van der Waals surface area contributed by atoms with Crippen LogP contribution in [0.1, 0.15) is 11.9 Å². The smallest absolute Gasteiger partial charge is 0.174 e. The molecule has 0 amide bonds. The standard InChI is InChI=1S/C14H10N4OS3/c1-8(21-14-18-16-7-20-14)12(19)9(6-15)13-17-10-4-2-3-5-11(10)22-13/h2-5,7-8,19H,1H3. The van der Waals surface area contributed by atoms with E-state index in [1.165, 1.54) is 34.4 Å². The zero-order valence-corrected chi connectivity index (χ0v) is 13.9. The van der Waals surface area contributed by atoms with Crippen molar-refractivity contribution in [1.29, 1.82) is 5.26 Å². The number of aliphatic hydroxyl groups is 1. The number of nitrogens with zero attached hydrogens (tertiary/aromatic N) is 4. The summed E-state index contributed by atoms with van der Waals surface area (Å²) >= 11 is 4.16. The number of allylic oxidation sites excluding steroid dienone is 1. The van der Waals surface area contributed by atoms with Gasteiger partial charge in [-0.2, -0.15) is 5.26 Å². The molecule has 0 saturated carbocycles. The normalized spacial score (nSPS) is 13.6. The average molecular weight is 346 g/mol. The second-order valence-corrected chi connectivity index (χ2v) is 7.78. The van der Waals surface area contributed by atoms with Crippen LogP contribution in [0.25, 0.3) is 15.8 Å². The highest BCUT2D eigenvalue weighted by Crippen LogP contribution is 2.33. The van der Waals surface area contributed by atoms with Crippen molar-refractivity contribution < 1.29 is 5.11 Å². The van der Waals surface area contributed by atoms with E-state index in [0.29, 0.717) is 5.01 Å². The molecule has 1 aromatic carbocycles. The maximum absolute atomic E-state index is 10.4. The molecular weight excluding hydrogens is 336 g/mol. The van der Waals surface area contributed by atoms with Gasteiger partial charge in [0.05, 0.1) is 15.5 Å². The third-order valence-electron chi connectivity index (χ3n) is 2.88. The second kappa shape index (κ2) is 6.44. The van der Waals surface area contributed by atoms with Crippen LogP contribution in [0.5, 0.6) is 0 Å². The first-order chi connectivity index (χ1) is 10.7. The van der Waals surface area contributed by atoms with Gasteiger partial charge >= 0.3 is 0 Å². The Balaban J connectivity index is 1.95. The number of fused-ring (bicyclic) bond motifs is 1. The van der Waals surface area contributed by atoms with Gasteiger partial charge in [0.15, 0.2) is 4.34 Å². The van der Waals surface area contributed by atoms with Gasteiger partial charge in [-0.25, -0.2) is 4.98 Å². The molecule has 0 aliphatic carbocycles. The Morgan fingerprint density at radius 3 is 2.91 bits per heavy atom. The number of thioether (sulfide) groups is 1. The summed E-state index contributed by atoms with van der Waals surface area (Å²) in [6, 6.07) is 9.73. The molecular formula is C14H10N4OS3. The maximum atomic E-state index is 10.4. The Hall–Kier alpha value is -1.95. The molecule has 0 fully saturated rings. The predicted octanol–water partition coefficient (Wildman–Crippen LogP) is 4.12. The molecule has 2 heterocycles. The van der Waals surface area contributed by atoms with Gasteiger partial charge in [0.25, 0.3) is 0 Å². The van der Waals surface area contributed by atoms with E-state index in [-0.39, 0.29) is 16.6 Å². The number of thiazole rings is 1. The summed E-state index contributed by atoms with van der Waals surface area (Å²) < 4.78 is 1.74. The minimum absolute atomic E-state index is 0.0155. The summed E-state index contributed by atoms with van der Waals surface area (Å²) in [5.41, 5.74) is 2.67. The number of aliphatic hydroxyl groups excluding tert-OH is 1. The molecule has 3 rings (SSSR count). The highest BCUT2D eigenvalue weighted by Gasteiger charge is 2.20. The van der Waals surface area contributed by atoms with Gasteiger partial charge in [0.2, 0.25) is 0 Å². The monoisotopic (exact) mass is 346 g/mol. The Morgan fingerprint density at radius 1 is 1.41 bits per heavy atom. The van der Waals surface area contributed by atoms with Crippen LogP contribution in [0, 0.1) is 11.3 Å². The molecule has 3 aromatic rings. The van der Waals surface area contributed by atoms with Crippen LogP contribution >= 0.6 is 34.4 Å². The summed E-state index contributed by atoms with van der Waals surface area (Å²) in [6.45, 7) is 1.83. The van der Waals surface area contributed by atoms with Crippen LogP contribution in [0.4, 0.5) is 0 Å². The van der Waals surface area contributed by atoms with E-state index in [1.807, 2.05) is 31.2 Å². The lowest BCUT2D eigenvalue weighted by Gasteiger charge is -2.09. The molecule has 2 aromatic heterocycles. The zero-order chi connectivity index (χ0) is 15.5. The minimum atomic E-state index is -0.297. The summed E-state index contributed by atoms with van der Waals surface area (Å²) in [6.07, 6.45) is 0. The van der Waals surface area contributed by atoms with Crippen molar-refractivity contribution in [3.8, 4) is 6.07 Å². The summed E-state index contributed by atoms with van der Waals surface area (Å²) in [5, 5.41) is 27.8. The van der Waals surface area contributed by atoms with E-state index in [9.17, 15) is 10.4 Å². The molecule has 0 aliphatic heterocycles. The SMILES string of the molecule is CC(Sc1nncs1)C(O)=C(C#N)c1nc2ccccc2s1. The summed E-state index contributed by atoms with van der Waals surface area (Å²) in [7, 11) is 0. The van der Waals surface area contributed by atoms with Gasteiger partial charge in [-0.1, -0.05) is 35.2 Å². The molecule has 1 atom stereocenters. The number of hydrogen-bond acceptors (Lipinski definition) is 8. The molecule has 1 unspecified atom stereocenters. The maximum Gasteiger partial charge on any atom is 0.174 e. The molecule has 1 N–H and O–H groups in total. The lowest BCUT2D eigenvalue weighted by atomic mass is 10.2. The van der Waals surface area contributed by atoms with E-state index in [4.69, 9.17) is 0 Å². The Kier molecular flexibility index (Phi) is 4.38. The highest BCUT2D eigenvalue weighted by atomic mass is 32.2. The number of aromatic nitrogens is 3. The van der Waals surface area contributed by atoms with E-state index in [2.05, 4.69) is 21.3 Å². The first-order valence-corrected chi connectivity index (χ1v) is 8.88. The van der Waals surface area contributed by atoms with Crippen LogP contribution in [-0.2, 0) is 0 Å². The summed E-state index contributed by atoms with van der Waals surface area (Å²) in [5.74, 6) is 0.0155. The first kappa shape index (κ1) is 15.0. The number of para-hydroxylation sites is 1. The number of nitriles is 1. The van der Waals surface area contributed by atoms with Crippen molar-refractivity contribution in [2.75, 3.05) is 0 Å². The largest absolute Gasteiger partial charge is 0.510 e. The van der Waals surface area contributed by atoms with Gasteiger partial charge in [0, 0.05) is 0 Å². The molecule has 0 aliphatic rings. The second-order valence-electron chi connectivity index (χ2n) is 4.32. The molecule has 110 valence electrons. The summed E-state index contributed by atoms with van der Waals surface area (Å²) in [4.78, 5) is 4.43. The highest BCUT2D eigenvalue weighted by molar-refractivity contribution is 8.01. The fraction of sp³-hybridized carbons (Fsp3) is 0.143. The quantitative estimate of drug-likeness (QED) is 0.435. The fourth-order valence-electron chi connectivity index (χ4n) is 1.82. The topological polar surface area (TPSA) is 82.7 Å². The van der Waals surface area contributed by atoms with Crippen LogP contribution in [0.2, 0.25) is 0 Å². The molecule has 0 saturated heterocycles. The lowest BCUT2D eigenvalue weighted by Crippen LogP contribution is -2.03. The van der Waals surface area contributed by atoms with Gasteiger partial charge in [0.1, 0.15) is 27.9 Å².